The van der Waals surface area contributed by atoms with E-state index in [0.29, 0.717) is 0 Å². The summed E-state index contributed by atoms with van der Waals surface area (Å²) in [7, 11) is 0. The molecule has 8 aromatic rings. The van der Waals surface area contributed by atoms with Gasteiger partial charge in [-0.25, -0.2) is 4.68 Å². The predicted molar refractivity (Wildman–Crippen MR) is 148 cm³/mol. The molecule has 0 atom stereocenters. The number of thiophene rings is 1. The van der Waals surface area contributed by atoms with E-state index >= 15 is 0 Å². The van der Waals surface area contributed by atoms with Crippen LogP contribution in [0.4, 0.5) is 0 Å². The van der Waals surface area contributed by atoms with Crippen LogP contribution in [0.15, 0.2) is 115 Å². The van der Waals surface area contributed by atoms with Crippen molar-refractivity contribution in [3.8, 4) is 11.4 Å². The van der Waals surface area contributed by atoms with Crippen LogP contribution in [0, 0.1) is 0 Å². The van der Waals surface area contributed by atoms with E-state index in [0.717, 1.165) is 16.6 Å². The Hall–Kier alpha value is -4.41. The first-order valence-electron chi connectivity index (χ1n) is 11.7. The van der Waals surface area contributed by atoms with Crippen LogP contribution in [0.5, 0.6) is 0 Å². The van der Waals surface area contributed by atoms with Gasteiger partial charge in [-0.1, -0.05) is 66.7 Å². The summed E-state index contributed by atoms with van der Waals surface area (Å²) >= 11 is 1.87. The summed E-state index contributed by atoms with van der Waals surface area (Å²) in [4.78, 5) is 0. The van der Waals surface area contributed by atoms with Crippen LogP contribution in [0.3, 0.4) is 0 Å². The Kier molecular flexibility index (Phi) is 3.82. The number of fused-ring (bicyclic) bond motifs is 8. The molecule has 164 valence electrons. The minimum atomic E-state index is 1.03. The van der Waals surface area contributed by atoms with E-state index in [9.17, 15) is 0 Å². The van der Waals surface area contributed by atoms with Crippen molar-refractivity contribution >= 4 is 64.2 Å². The summed E-state index contributed by atoms with van der Waals surface area (Å²) in [5.41, 5.74) is 5.70. The zero-order valence-corrected chi connectivity index (χ0v) is 19.5. The lowest BCUT2D eigenvalue weighted by atomic mass is 10.1. The molecule has 0 amide bonds. The van der Waals surface area contributed by atoms with E-state index in [1.165, 1.54) is 47.7 Å². The van der Waals surface area contributed by atoms with Gasteiger partial charge in [0.25, 0.3) is 0 Å². The largest absolute Gasteiger partial charge is 0.308 e. The van der Waals surface area contributed by atoms with Gasteiger partial charge in [0.2, 0.25) is 0 Å². The second-order valence-corrected chi connectivity index (χ2v) is 9.96. The van der Waals surface area contributed by atoms with Gasteiger partial charge in [0.1, 0.15) is 5.52 Å². The van der Waals surface area contributed by atoms with E-state index in [-0.39, 0.29) is 0 Å². The highest BCUT2D eigenvalue weighted by Gasteiger charge is 2.19. The van der Waals surface area contributed by atoms with E-state index in [1.54, 1.807) is 0 Å². The molecule has 5 aromatic carbocycles. The number of hydrogen-bond donors (Lipinski definition) is 0. The molecule has 0 bridgehead atoms. The molecule has 0 radical (unpaired) electrons. The molecule has 0 aliphatic carbocycles. The lowest BCUT2D eigenvalue weighted by Gasteiger charge is -2.09. The molecule has 4 heteroatoms. The number of nitrogens with zero attached hydrogens (tertiary/aromatic N) is 3. The summed E-state index contributed by atoms with van der Waals surface area (Å²) in [6.45, 7) is 0. The van der Waals surface area contributed by atoms with Crippen molar-refractivity contribution in [2.45, 2.75) is 0 Å². The molecule has 0 saturated carbocycles. The monoisotopic (exact) mass is 465 g/mol. The Balaban J connectivity index is 1.50. The van der Waals surface area contributed by atoms with E-state index in [4.69, 9.17) is 5.10 Å². The maximum atomic E-state index is 5.07. The number of hydrogen-bond acceptors (Lipinski definition) is 2. The van der Waals surface area contributed by atoms with Crippen LogP contribution in [0.25, 0.3) is 64.3 Å². The Bertz CT molecular complexity index is 2060. The quantitative estimate of drug-likeness (QED) is 0.251. The van der Waals surface area contributed by atoms with Gasteiger partial charge >= 0.3 is 0 Å². The molecular weight excluding hydrogens is 446 g/mol. The van der Waals surface area contributed by atoms with Crippen LogP contribution >= 0.6 is 11.3 Å². The fourth-order valence-corrected chi connectivity index (χ4v) is 6.63. The Labute approximate surface area is 205 Å². The molecule has 0 spiro atoms. The zero-order chi connectivity index (χ0) is 22.9. The summed E-state index contributed by atoms with van der Waals surface area (Å²) in [6.07, 6.45) is 2.13. The molecule has 0 aliphatic heterocycles. The van der Waals surface area contributed by atoms with Gasteiger partial charge in [0, 0.05) is 37.8 Å². The molecule has 3 aromatic heterocycles. The van der Waals surface area contributed by atoms with E-state index in [2.05, 4.69) is 114 Å². The van der Waals surface area contributed by atoms with Gasteiger partial charge in [0.15, 0.2) is 0 Å². The van der Waals surface area contributed by atoms with Gasteiger partial charge in [-0.15, -0.1) is 11.3 Å². The Morgan fingerprint density at radius 1 is 0.600 bits per heavy atom. The summed E-state index contributed by atoms with van der Waals surface area (Å²) in [6, 6.07) is 38.8. The first kappa shape index (κ1) is 19.0. The third-order valence-corrected chi connectivity index (χ3v) is 8.17. The summed E-state index contributed by atoms with van der Waals surface area (Å²) < 4.78 is 7.04. The smallest absolute Gasteiger partial charge is 0.103 e. The highest BCUT2D eigenvalue weighted by molar-refractivity contribution is 7.26. The Morgan fingerprint density at radius 2 is 1.37 bits per heavy atom. The standard InChI is InChI=1S/C31H19N3S/c1-2-9-21(10-3-1)33-19-20-17-18-26-29(30(20)32-33)24-12-4-6-14-25(24)34(26)27-15-8-13-23-22-11-5-7-16-28(22)35-31(23)27/h1-19H. The summed E-state index contributed by atoms with van der Waals surface area (Å²) in [5.74, 6) is 0. The number of aromatic nitrogens is 3. The van der Waals surface area contributed by atoms with Crippen LogP contribution < -0.4 is 0 Å². The molecule has 0 N–H and O–H groups in total. The molecule has 0 unspecified atom stereocenters. The predicted octanol–water partition coefficient (Wildman–Crippen LogP) is 8.49. The first-order chi connectivity index (χ1) is 17.4. The molecule has 3 nitrogen and oxygen atoms in total. The van der Waals surface area contributed by atoms with Crippen LogP contribution in [0.2, 0.25) is 0 Å². The highest BCUT2D eigenvalue weighted by Crippen LogP contribution is 2.42. The van der Waals surface area contributed by atoms with Gasteiger partial charge in [-0.3, -0.25) is 0 Å². The maximum absolute atomic E-state index is 5.07. The highest BCUT2D eigenvalue weighted by atomic mass is 32.1. The second-order valence-electron chi connectivity index (χ2n) is 8.91. The number of para-hydroxylation sites is 2. The molecular formula is C31H19N3S. The lowest BCUT2D eigenvalue weighted by molar-refractivity contribution is 0.898. The van der Waals surface area contributed by atoms with E-state index in [1.807, 2.05) is 22.1 Å². The van der Waals surface area contributed by atoms with Crippen molar-refractivity contribution in [1.29, 1.82) is 0 Å². The molecule has 0 aliphatic rings. The first-order valence-corrected chi connectivity index (χ1v) is 12.6. The SMILES string of the molecule is c1ccc(-n2cc3ccc4c(c5ccccc5n4-c4cccc5c4sc4ccccc45)c3n2)cc1. The van der Waals surface area contributed by atoms with Crippen LogP contribution in [-0.2, 0) is 0 Å². The minimum absolute atomic E-state index is 1.03. The second kappa shape index (κ2) is 7.05. The van der Waals surface area contributed by atoms with Crippen molar-refractivity contribution in [1.82, 2.24) is 14.3 Å². The van der Waals surface area contributed by atoms with Gasteiger partial charge < -0.3 is 4.57 Å². The summed E-state index contributed by atoms with van der Waals surface area (Å²) in [5, 5.41) is 11.3. The van der Waals surface area contributed by atoms with Crippen molar-refractivity contribution in [3.05, 3.63) is 115 Å². The third-order valence-electron chi connectivity index (χ3n) is 6.96. The third kappa shape index (κ3) is 2.63. The van der Waals surface area contributed by atoms with Crippen molar-refractivity contribution in [2.24, 2.45) is 0 Å². The lowest BCUT2D eigenvalue weighted by Crippen LogP contribution is -1.94. The van der Waals surface area contributed by atoms with Gasteiger partial charge in [0.05, 0.1) is 27.1 Å². The van der Waals surface area contributed by atoms with Gasteiger partial charge in [-0.2, -0.15) is 5.10 Å². The fraction of sp³-hybridized carbons (Fsp3) is 0. The molecule has 8 rings (SSSR count). The van der Waals surface area contributed by atoms with Crippen LogP contribution in [-0.4, -0.2) is 14.3 Å². The van der Waals surface area contributed by atoms with Gasteiger partial charge in [-0.05, 0) is 42.5 Å². The van der Waals surface area contributed by atoms with Crippen molar-refractivity contribution in [2.75, 3.05) is 0 Å². The average molecular weight is 466 g/mol. The van der Waals surface area contributed by atoms with E-state index < -0.39 is 0 Å². The molecule has 35 heavy (non-hydrogen) atoms. The maximum Gasteiger partial charge on any atom is 0.103 e. The fourth-order valence-electron chi connectivity index (χ4n) is 5.42. The number of benzene rings is 5. The Morgan fingerprint density at radius 3 is 2.29 bits per heavy atom. The van der Waals surface area contributed by atoms with Crippen molar-refractivity contribution in [3.63, 3.8) is 0 Å². The van der Waals surface area contributed by atoms with Crippen LogP contribution in [0.1, 0.15) is 0 Å². The average Bonchev–Trinajstić information content (AvgIpc) is 3.60. The molecule has 0 fully saturated rings. The molecule has 0 saturated heterocycles. The topological polar surface area (TPSA) is 22.8 Å². The normalized spacial score (nSPS) is 12.0. The van der Waals surface area contributed by atoms with Crippen molar-refractivity contribution < 1.29 is 0 Å². The zero-order valence-electron chi connectivity index (χ0n) is 18.7. The molecule has 3 heterocycles. The minimum Gasteiger partial charge on any atom is -0.308 e. The number of rotatable bonds is 2.